The van der Waals surface area contributed by atoms with Crippen molar-refractivity contribution >= 4 is 0 Å². The van der Waals surface area contributed by atoms with Crippen LogP contribution in [0.3, 0.4) is 0 Å². The third kappa shape index (κ3) is 1.84. The summed E-state index contributed by atoms with van der Waals surface area (Å²) in [4.78, 5) is 0. The van der Waals surface area contributed by atoms with Crippen LogP contribution in [0.4, 0.5) is 0 Å². The van der Waals surface area contributed by atoms with Crippen molar-refractivity contribution in [3.63, 3.8) is 0 Å². The minimum Gasteiger partial charge on any atom is -0.393 e. The fourth-order valence-corrected chi connectivity index (χ4v) is 6.75. The summed E-state index contributed by atoms with van der Waals surface area (Å²) in [6.07, 6.45) is 12.4. The molecule has 118 valence electrons. The fraction of sp³-hybridized carbons (Fsp3) is 0.895. The summed E-state index contributed by atoms with van der Waals surface area (Å²) in [5.41, 5.74) is 6.99. The van der Waals surface area contributed by atoms with Crippen LogP contribution in [0.2, 0.25) is 0 Å². The molecule has 0 heterocycles. The van der Waals surface area contributed by atoms with E-state index in [1.807, 2.05) is 0 Å². The number of aliphatic hydroxyl groups excluding tert-OH is 1. The topological polar surface area (TPSA) is 47.9 Å². The first-order valence-corrected chi connectivity index (χ1v) is 9.16. The molecule has 0 bridgehead atoms. The number of hydrogen-bond donors (Lipinski definition) is 2. The molecule has 0 radical (unpaired) electrons. The molecule has 4 aliphatic rings. The van der Waals surface area contributed by atoms with Gasteiger partial charge in [-0.2, -0.15) is 0 Å². The summed E-state index contributed by atoms with van der Waals surface area (Å²) < 4.78 is 0. The van der Waals surface area contributed by atoms with E-state index in [1.165, 1.54) is 38.5 Å². The molecule has 3 fully saturated rings. The lowest BCUT2D eigenvalue weighted by molar-refractivity contribution is -0.445. The van der Waals surface area contributed by atoms with Crippen molar-refractivity contribution in [3.05, 3.63) is 11.6 Å². The molecule has 4 aliphatic carbocycles. The van der Waals surface area contributed by atoms with E-state index in [-0.39, 0.29) is 6.10 Å². The molecule has 4 rings (SSSR count). The zero-order chi connectivity index (χ0) is 14.8. The highest BCUT2D eigenvalue weighted by atomic mass is 16.3. The first-order valence-electron chi connectivity index (χ1n) is 9.16. The summed E-state index contributed by atoms with van der Waals surface area (Å²) >= 11 is 0. The smallest absolute Gasteiger partial charge is 0.0900 e. The summed E-state index contributed by atoms with van der Waals surface area (Å²) in [6.45, 7) is 5.05. The van der Waals surface area contributed by atoms with Gasteiger partial charge in [0.25, 0.3) is 0 Å². The first-order chi connectivity index (χ1) is 9.95. The van der Waals surface area contributed by atoms with Crippen LogP contribution in [0.5, 0.6) is 0 Å². The predicted octanol–water partition coefficient (Wildman–Crippen LogP) is 2.92. The highest BCUT2D eigenvalue weighted by molar-refractivity contribution is 5.25. The molecule has 0 aromatic heterocycles. The van der Waals surface area contributed by atoms with Crippen molar-refractivity contribution in [1.82, 2.24) is 0 Å². The maximum atomic E-state index is 10.0. The van der Waals surface area contributed by atoms with Gasteiger partial charge < -0.3 is 10.8 Å². The van der Waals surface area contributed by atoms with Crippen molar-refractivity contribution in [3.8, 4) is 0 Å². The Bertz CT molecular complexity index is 472. The first kappa shape index (κ1) is 14.3. The van der Waals surface area contributed by atoms with E-state index in [1.54, 1.807) is 5.57 Å². The standard InChI is InChI=1S/C19H31NO/c1-18-9-7-13(21)11-12(18)3-4-14-15-5-6-17(20)19(15,2)10-8-16(14)18/h3,13-17,21H,4-11,20H2,1-2H3/p+1/t13-,14+,15-,16-,17-,18-,19-/m0/s1. The van der Waals surface area contributed by atoms with Gasteiger partial charge in [-0.15, -0.1) is 0 Å². The monoisotopic (exact) mass is 290 g/mol. The van der Waals surface area contributed by atoms with Gasteiger partial charge in [-0.05, 0) is 68.1 Å². The number of allylic oxidation sites excluding steroid dienone is 1. The van der Waals surface area contributed by atoms with E-state index in [2.05, 4.69) is 25.7 Å². The summed E-state index contributed by atoms with van der Waals surface area (Å²) in [7, 11) is 0. The second-order valence-electron chi connectivity index (χ2n) is 8.97. The quantitative estimate of drug-likeness (QED) is 0.662. The largest absolute Gasteiger partial charge is 0.393 e. The average Bonchev–Trinajstić information content (AvgIpc) is 2.76. The normalized spacial score (nSPS) is 56.2. The van der Waals surface area contributed by atoms with E-state index in [4.69, 9.17) is 0 Å². The molecular weight excluding hydrogens is 258 g/mol. The molecular formula is C19H32NO+. The Kier molecular flexibility index (Phi) is 3.11. The number of quaternary nitrogens is 1. The molecule has 0 aliphatic heterocycles. The van der Waals surface area contributed by atoms with Crippen LogP contribution < -0.4 is 5.73 Å². The van der Waals surface area contributed by atoms with Crippen molar-refractivity contribution in [2.24, 2.45) is 28.6 Å². The number of aliphatic hydroxyl groups is 1. The molecule has 0 saturated heterocycles. The van der Waals surface area contributed by atoms with Crippen LogP contribution >= 0.6 is 0 Å². The van der Waals surface area contributed by atoms with Crippen molar-refractivity contribution in [1.29, 1.82) is 0 Å². The maximum absolute atomic E-state index is 10.0. The number of fused-ring (bicyclic) bond motifs is 5. The van der Waals surface area contributed by atoms with Crippen molar-refractivity contribution in [2.75, 3.05) is 0 Å². The number of rotatable bonds is 0. The fourth-order valence-electron chi connectivity index (χ4n) is 6.75. The SMILES string of the molecule is C[C@]12CC[C@H]3[C@H](CC=C4C[C@@H](O)CC[C@@]43C)[C@@H]1CC[C@@H]2[NH3+]. The van der Waals surface area contributed by atoms with Gasteiger partial charge in [-0.25, -0.2) is 0 Å². The van der Waals surface area contributed by atoms with Gasteiger partial charge in [-0.3, -0.25) is 0 Å². The Morgan fingerprint density at radius 2 is 1.90 bits per heavy atom. The average molecular weight is 290 g/mol. The third-order valence-corrected chi connectivity index (χ3v) is 8.27. The van der Waals surface area contributed by atoms with Gasteiger partial charge in [0.1, 0.15) is 0 Å². The lowest BCUT2D eigenvalue weighted by atomic mass is 9.48. The predicted molar refractivity (Wildman–Crippen MR) is 84.4 cm³/mol. The van der Waals surface area contributed by atoms with Gasteiger partial charge in [-0.1, -0.05) is 25.5 Å². The molecule has 0 spiro atoms. The second-order valence-corrected chi connectivity index (χ2v) is 8.97. The molecule has 7 atom stereocenters. The number of hydrogen-bond acceptors (Lipinski definition) is 1. The molecule has 0 aromatic carbocycles. The van der Waals surface area contributed by atoms with Crippen LogP contribution in [0.1, 0.15) is 65.2 Å². The molecule has 0 unspecified atom stereocenters. The third-order valence-electron chi connectivity index (χ3n) is 8.27. The molecule has 0 aromatic rings. The summed E-state index contributed by atoms with van der Waals surface area (Å²) in [5.74, 6) is 2.66. The lowest BCUT2D eigenvalue weighted by Crippen LogP contribution is -2.68. The highest BCUT2D eigenvalue weighted by Crippen LogP contribution is 2.64. The van der Waals surface area contributed by atoms with Gasteiger partial charge in [0.05, 0.1) is 12.1 Å². The highest BCUT2D eigenvalue weighted by Gasteiger charge is 2.59. The van der Waals surface area contributed by atoms with E-state index in [0.29, 0.717) is 16.9 Å². The van der Waals surface area contributed by atoms with Gasteiger partial charge >= 0.3 is 0 Å². The summed E-state index contributed by atoms with van der Waals surface area (Å²) in [6, 6.07) is 0.676. The van der Waals surface area contributed by atoms with Crippen LogP contribution in [0.25, 0.3) is 0 Å². The van der Waals surface area contributed by atoms with Crippen LogP contribution in [0, 0.1) is 28.6 Å². The molecule has 2 heteroatoms. The Balaban J connectivity index is 1.68. The minimum absolute atomic E-state index is 0.0783. The minimum atomic E-state index is -0.0783. The van der Waals surface area contributed by atoms with E-state index < -0.39 is 0 Å². The molecule has 21 heavy (non-hydrogen) atoms. The van der Waals surface area contributed by atoms with E-state index in [0.717, 1.165) is 30.6 Å². The maximum Gasteiger partial charge on any atom is 0.0900 e. The lowest BCUT2D eigenvalue weighted by Gasteiger charge is -2.57. The van der Waals surface area contributed by atoms with Crippen LogP contribution in [-0.2, 0) is 0 Å². The van der Waals surface area contributed by atoms with Crippen LogP contribution in [-0.4, -0.2) is 17.3 Å². The van der Waals surface area contributed by atoms with Gasteiger partial charge in [0.15, 0.2) is 0 Å². The second kappa shape index (κ2) is 4.58. The Hall–Kier alpha value is -0.340. The summed E-state index contributed by atoms with van der Waals surface area (Å²) in [5, 5.41) is 10.0. The van der Waals surface area contributed by atoms with Crippen LogP contribution in [0.15, 0.2) is 11.6 Å². The molecule has 0 amide bonds. The zero-order valence-corrected chi connectivity index (χ0v) is 13.8. The molecule has 4 N–H and O–H groups in total. The van der Waals surface area contributed by atoms with E-state index in [9.17, 15) is 5.11 Å². The zero-order valence-electron chi connectivity index (χ0n) is 13.8. The Morgan fingerprint density at radius 1 is 1.10 bits per heavy atom. The van der Waals surface area contributed by atoms with Gasteiger partial charge in [0.2, 0.25) is 0 Å². The molecule has 2 nitrogen and oxygen atoms in total. The van der Waals surface area contributed by atoms with Gasteiger partial charge in [0, 0.05) is 11.8 Å². The Labute approximate surface area is 129 Å². The van der Waals surface area contributed by atoms with E-state index >= 15 is 0 Å². The van der Waals surface area contributed by atoms with Crippen molar-refractivity contribution < 1.29 is 10.8 Å². The Morgan fingerprint density at radius 3 is 2.71 bits per heavy atom. The molecule has 3 saturated carbocycles. The van der Waals surface area contributed by atoms with Crippen molar-refractivity contribution in [2.45, 2.75) is 77.4 Å².